The number of imide groups is 1. The smallest absolute Gasteiger partial charge is 0.312 e. The second-order valence-electron chi connectivity index (χ2n) is 9.98. The van der Waals surface area contributed by atoms with E-state index in [1.54, 1.807) is 12.1 Å². The van der Waals surface area contributed by atoms with Crippen molar-refractivity contribution in [2.75, 3.05) is 6.54 Å². The molecule has 6 atom stereocenters. The largest absolute Gasteiger partial charge is 0.426 e. The van der Waals surface area contributed by atoms with E-state index >= 15 is 0 Å². The second-order valence-corrected chi connectivity index (χ2v) is 9.98. The molecule has 0 aromatic heterocycles. The molecule has 1 heterocycles. The molecule has 6 rings (SSSR count). The van der Waals surface area contributed by atoms with Gasteiger partial charge in [0.05, 0.1) is 18.3 Å². The van der Waals surface area contributed by atoms with Crippen molar-refractivity contribution in [2.24, 2.45) is 35.5 Å². The number of benzene rings is 1. The van der Waals surface area contributed by atoms with E-state index in [4.69, 9.17) is 4.74 Å². The van der Waals surface area contributed by atoms with Crippen molar-refractivity contribution in [2.45, 2.75) is 39.0 Å². The molecule has 1 aliphatic heterocycles. The molecule has 2 amide bonds. The minimum atomic E-state index is -0.423. The lowest BCUT2D eigenvalue weighted by molar-refractivity contribution is -0.141. The fraction of sp³-hybridized carbons (Fsp3) is 0.542. The summed E-state index contributed by atoms with van der Waals surface area (Å²) in [6.07, 6.45) is 5.48. The highest BCUT2D eigenvalue weighted by atomic mass is 16.5. The van der Waals surface area contributed by atoms with Crippen molar-refractivity contribution < 1.29 is 19.1 Å². The van der Waals surface area contributed by atoms with E-state index in [1.807, 2.05) is 12.1 Å². The van der Waals surface area contributed by atoms with E-state index in [0.717, 1.165) is 12.0 Å². The standard InChI is InChI=1S/C24H27NO4/c1-24(2,3)13-4-6-14(7-5-13)29-19(26)10-11-25-22(27)20-15-8-9-16(18-12-17(15)18)21(20)23(25)28/h4-9,15-18,20-21H,10-12H2,1-3H3/t15-,16-,17-,18+,20+,21+/m1/s1. The number of hydrogen-bond donors (Lipinski definition) is 0. The van der Waals surface area contributed by atoms with Crippen LogP contribution in [-0.4, -0.2) is 29.2 Å². The van der Waals surface area contributed by atoms with Gasteiger partial charge in [-0.1, -0.05) is 45.1 Å². The highest BCUT2D eigenvalue weighted by Crippen LogP contribution is 2.65. The van der Waals surface area contributed by atoms with Crippen LogP contribution in [0, 0.1) is 35.5 Å². The number of carbonyl (C=O) groups is 3. The van der Waals surface area contributed by atoms with Gasteiger partial charge in [-0.05, 0) is 53.2 Å². The van der Waals surface area contributed by atoms with Gasteiger partial charge in [0.2, 0.25) is 11.8 Å². The number of esters is 1. The van der Waals surface area contributed by atoms with Gasteiger partial charge < -0.3 is 4.74 Å². The average Bonchev–Trinajstić information content (AvgIpc) is 3.45. The number of carbonyl (C=O) groups excluding carboxylic acids is 3. The molecule has 1 aromatic carbocycles. The Morgan fingerprint density at radius 3 is 2.07 bits per heavy atom. The fourth-order valence-corrected chi connectivity index (χ4v) is 5.65. The predicted molar refractivity (Wildman–Crippen MR) is 107 cm³/mol. The van der Waals surface area contributed by atoms with E-state index < -0.39 is 5.97 Å². The molecule has 1 aromatic rings. The van der Waals surface area contributed by atoms with Crippen LogP contribution in [0.2, 0.25) is 0 Å². The maximum absolute atomic E-state index is 12.9. The summed E-state index contributed by atoms with van der Waals surface area (Å²) in [5.74, 6) is 1.07. The van der Waals surface area contributed by atoms with Crippen LogP contribution >= 0.6 is 0 Å². The molecule has 2 bridgehead atoms. The summed E-state index contributed by atoms with van der Waals surface area (Å²) in [4.78, 5) is 39.5. The lowest BCUT2D eigenvalue weighted by atomic mass is 9.63. The molecule has 0 N–H and O–H groups in total. The summed E-state index contributed by atoms with van der Waals surface area (Å²) in [5, 5.41) is 0. The zero-order chi connectivity index (χ0) is 20.5. The number of nitrogens with zero attached hydrogens (tertiary/aromatic N) is 1. The van der Waals surface area contributed by atoms with Crippen LogP contribution in [0.5, 0.6) is 5.75 Å². The third-order valence-corrected chi connectivity index (χ3v) is 7.25. The first kappa shape index (κ1) is 18.6. The van der Waals surface area contributed by atoms with E-state index in [9.17, 15) is 14.4 Å². The molecule has 5 heteroatoms. The predicted octanol–water partition coefficient (Wildman–Crippen LogP) is 3.33. The molecule has 0 spiro atoms. The Kier molecular flexibility index (Phi) is 4.03. The monoisotopic (exact) mass is 393 g/mol. The topological polar surface area (TPSA) is 63.7 Å². The molecule has 1 saturated heterocycles. The van der Waals surface area contributed by atoms with E-state index in [-0.39, 0.29) is 53.9 Å². The van der Waals surface area contributed by atoms with Gasteiger partial charge in [0.1, 0.15) is 5.75 Å². The summed E-state index contributed by atoms with van der Waals surface area (Å²) in [5.41, 5.74) is 1.19. The third kappa shape index (κ3) is 2.93. The van der Waals surface area contributed by atoms with Crippen LogP contribution in [0.1, 0.15) is 39.2 Å². The van der Waals surface area contributed by atoms with Crippen molar-refractivity contribution in [3.05, 3.63) is 42.0 Å². The molecule has 0 unspecified atom stereocenters. The Morgan fingerprint density at radius 1 is 1.00 bits per heavy atom. The minimum Gasteiger partial charge on any atom is -0.426 e. The lowest BCUT2D eigenvalue weighted by Gasteiger charge is -2.37. The van der Waals surface area contributed by atoms with Crippen LogP contribution in [0.15, 0.2) is 36.4 Å². The zero-order valence-electron chi connectivity index (χ0n) is 17.1. The van der Waals surface area contributed by atoms with Gasteiger partial charge >= 0.3 is 5.97 Å². The molecule has 2 saturated carbocycles. The normalized spacial score (nSPS) is 34.2. The van der Waals surface area contributed by atoms with Crippen molar-refractivity contribution in [1.82, 2.24) is 4.90 Å². The van der Waals surface area contributed by atoms with Crippen molar-refractivity contribution in [3.8, 4) is 5.75 Å². The van der Waals surface area contributed by atoms with Gasteiger partial charge in [0.25, 0.3) is 0 Å². The molecule has 4 aliphatic carbocycles. The van der Waals surface area contributed by atoms with Crippen LogP contribution in [-0.2, 0) is 19.8 Å². The fourth-order valence-electron chi connectivity index (χ4n) is 5.65. The molecule has 29 heavy (non-hydrogen) atoms. The Labute approximate surface area is 171 Å². The molecule has 5 nitrogen and oxygen atoms in total. The van der Waals surface area contributed by atoms with Crippen LogP contribution < -0.4 is 4.74 Å². The van der Waals surface area contributed by atoms with Gasteiger partial charge in [-0.3, -0.25) is 19.3 Å². The first-order chi connectivity index (χ1) is 13.8. The maximum Gasteiger partial charge on any atom is 0.312 e. The molecule has 152 valence electrons. The second kappa shape index (κ2) is 6.28. The number of likely N-dealkylation sites (tertiary alicyclic amines) is 1. The van der Waals surface area contributed by atoms with Gasteiger partial charge in [-0.15, -0.1) is 0 Å². The van der Waals surface area contributed by atoms with Gasteiger partial charge in [0, 0.05) is 6.54 Å². The number of allylic oxidation sites excluding steroid dienone is 2. The SMILES string of the molecule is CC(C)(C)c1ccc(OC(=O)CCN2C(=O)[C@H]3[C@@H]4C=C[C@H]([C@@H]5C[C@H]45)[C@@H]3C2=O)cc1. The first-order valence-corrected chi connectivity index (χ1v) is 10.6. The molecule has 0 radical (unpaired) electrons. The summed E-state index contributed by atoms with van der Waals surface area (Å²) >= 11 is 0. The molecule has 5 aliphatic rings. The summed E-state index contributed by atoms with van der Waals surface area (Å²) < 4.78 is 5.41. The van der Waals surface area contributed by atoms with Crippen molar-refractivity contribution in [1.29, 1.82) is 0 Å². The van der Waals surface area contributed by atoms with Gasteiger partial charge in [0.15, 0.2) is 0 Å². The van der Waals surface area contributed by atoms with Gasteiger partial charge in [-0.25, -0.2) is 0 Å². The van der Waals surface area contributed by atoms with Gasteiger partial charge in [-0.2, -0.15) is 0 Å². The lowest BCUT2D eigenvalue weighted by Crippen LogP contribution is -2.40. The van der Waals surface area contributed by atoms with Crippen molar-refractivity contribution in [3.63, 3.8) is 0 Å². The van der Waals surface area contributed by atoms with Crippen LogP contribution in [0.3, 0.4) is 0 Å². The summed E-state index contributed by atoms with van der Waals surface area (Å²) in [6.45, 7) is 6.49. The van der Waals surface area contributed by atoms with Crippen LogP contribution in [0.25, 0.3) is 0 Å². The average molecular weight is 393 g/mol. The highest BCUT2D eigenvalue weighted by Gasteiger charge is 2.66. The highest BCUT2D eigenvalue weighted by molar-refractivity contribution is 6.06. The Morgan fingerprint density at radius 2 is 1.55 bits per heavy atom. The zero-order valence-corrected chi connectivity index (χ0v) is 17.1. The summed E-state index contributed by atoms with van der Waals surface area (Å²) in [7, 11) is 0. The Hall–Kier alpha value is -2.43. The number of rotatable bonds is 4. The van der Waals surface area contributed by atoms with E-state index in [2.05, 4.69) is 32.9 Å². The van der Waals surface area contributed by atoms with Crippen molar-refractivity contribution >= 4 is 17.8 Å². The molecular formula is C24H27NO4. The first-order valence-electron chi connectivity index (χ1n) is 10.6. The van der Waals surface area contributed by atoms with Crippen LogP contribution in [0.4, 0.5) is 0 Å². The summed E-state index contributed by atoms with van der Waals surface area (Å²) in [6, 6.07) is 7.48. The number of amides is 2. The molecule has 3 fully saturated rings. The minimum absolute atomic E-state index is 0.0214. The quantitative estimate of drug-likeness (QED) is 0.341. The number of ether oxygens (including phenoxy) is 1. The Balaban J connectivity index is 1.20. The van der Waals surface area contributed by atoms with E-state index in [0.29, 0.717) is 17.6 Å². The van der Waals surface area contributed by atoms with E-state index in [1.165, 1.54) is 4.90 Å². The number of hydrogen-bond acceptors (Lipinski definition) is 4. The third-order valence-electron chi connectivity index (χ3n) is 7.25. The Bertz CT molecular complexity index is 874. The molecular weight excluding hydrogens is 366 g/mol. The maximum atomic E-state index is 12.9.